The highest BCUT2D eigenvalue weighted by Gasteiger charge is 2.36. The summed E-state index contributed by atoms with van der Waals surface area (Å²) in [5.41, 5.74) is 14.7. The largest absolute Gasteiger partial charge is 0.276 e. The Morgan fingerprint density at radius 2 is 1.08 bits per heavy atom. The van der Waals surface area contributed by atoms with Gasteiger partial charge in [-0.05, 0) is 107 Å². The minimum absolute atomic E-state index is 0.151. The number of pyridine rings is 2. The van der Waals surface area contributed by atoms with Crippen molar-refractivity contribution in [1.29, 1.82) is 5.26 Å². The normalized spacial score (nSPS) is 12.6. The minimum atomic E-state index is -0.151. The first-order valence-corrected chi connectivity index (χ1v) is 17.0. The summed E-state index contributed by atoms with van der Waals surface area (Å²) in [6, 6.07) is 45.7. The lowest BCUT2D eigenvalue weighted by atomic mass is 9.79. The molecule has 6 aromatic carbocycles. The van der Waals surface area contributed by atoms with Crippen LogP contribution in [-0.4, -0.2) is 9.97 Å². The highest BCUT2D eigenvalue weighted by molar-refractivity contribution is 6.22. The molecule has 4 heteroatoms. The van der Waals surface area contributed by atoms with Crippen LogP contribution >= 0.6 is 0 Å². The van der Waals surface area contributed by atoms with Crippen LogP contribution in [0.1, 0.15) is 30.5 Å². The standard InChI is InChI=1S/C47H30N4/c1-47(2)43-11-7-6-8-37(43)40-22-41-42(23-44(40)47)46(33-16-12-30(13-17-33)34-20-29(24-48)25-50-26-34)39-10-5-4-9-38(39)45(41)32-18-14-31(15-19-32)35-21-36(49-3)28-51-27-35/h4-23,25-28H,1-2H3. The molecule has 0 unspecified atom stereocenters. The van der Waals surface area contributed by atoms with Gasteiger partial charge in [0.2, 0.25) is 5.69 Å². The first kappa shape index (κ1) is 30.2. The molecule has 0 atom stereocenters. The van der Waals surface area contributed by atoms with Gasteiger partial charge in [-0.15, -0.1) is 0 Å². The second-order valence-electron chi connectivity index (χ2n) is 13.7. The first-order chi connectivity index (χ1) is 24.9. The molecule has 8 aromatic rings. The van der Waals surface area contributed by atoms with Crippen molar-refractivity contribution < 1.29 is 0 Å². The van der Waals surface area contributed by atoms with Gasteiger partial charge in [0.1, 0.15) is 6.07 Å². The zero-order chi connectivity index (χ0) is 34.7. The van der Waals surface area contributed by atoms with Crippen LogP contribution in [0.3, 0.4) is 0 Å². The molecule has 4 nitrogen and oxygen atoms in total. The van der Waals surface area contributed by atoms with E-state index in [2.05, 4.69) is 144 Å². The highest BCUT2D eigenvalue weighted by atomic mass is 14.7. The van der Waals surface area contributed by atoms with Crippen LogP contribution in [0.4, 0.5) is 5.69 Å². The summed E-state index contributed by atoms with van der Waals surface area (Å²) in [6.45, 7) is 12.1. The maximum Gasteiger partial charge on any atom is 0.205 e. The van der Waals surface area contributed by atoms with Gasteiger partial charge >= 0.3 is 0 Å². The fourth-order valence-corrected chi connectivity index (χ4v) is 7.96. The van der Waals surface area contributed by atoms with Crippen LogP contribution in [0.25, 0.3) is 82.0 Å². The van der Waals surface area contributed by atoms with Gasteiger partial charge in [0.05, 0.1) is 12.1 Å². The Balaban J connectivity index is 1.31. The molecule has 1 aliphatic rings. The molecule has 238 valence electrons. The van der Waals surface area contributed by atoms with Gasteiger partial charge in [-0.25, -0.2) is 4.85 Å². The van der Waals surface area contributed by atoms with Gasteiger partial charge in [-0.1, -0.05) is 111 Å². The number of hydrogen-bond acceptors (Lipinski definition) is 3. The third-order valence-electron chi connectivity index (χ3n) is 10.5. The van der Waals surface area contributed by atoms with E-state index in [0.717, 1.165) is 33.4 Å². The molecule has 0 spiro atoms. The Hall–Kier alpha value is -6.88. The third-order valence-corrected chi connectivity index (χ3v) is 10.5. The molecule has 2 aromatic heterocycles. The van der Waals surface area contributed by atoms with E-state index in [1.54, 1.807) is 12.4 Å². The number of nitrogens with zero attached hydrogens (tertiary/aromatic N) is 4. The van der Waals surface area contributed by atoms with E-state index in [4.69, 9.17) is 6.57 Å². The molecule has 2 heterocycles. The monoisotopic (exact) mass is 650 g/mol. The number of fused-ring (bicyclic) bond motifs is 5. The van der Waals surface area contributed by atoms with Crippen molar-refractivity contribution in [3.63, 3.8) is 0 Å². The maximum atomic E-state index is 9.45. The van der Waals surface area contributed by atoms with Crippen molar-refractivity contribution in [2.45, 2.75) is 19.3 Å². The summed E-state index contributed by atoms with van der Waals surface area (Å²) in [4.78, 5) is 12.2. The molecule has 0 saturated carbocycles. The average Bonchev–Trinajstić information content (AvgIpc) is 3.41. The molecule has 9 rings (SSSR count). The van der Waals surface area contributed by atoms with Crippen LogP contribution < -0.4 is 0 Å². The Morgan fingerprint density at radius 3 is 1.71 bits per heavy atom. The predicted octanol–water partition coefficient (Wildman–Crippen LogP) is 12.2. The van der Waals surface area contributed by atoms with Gasteiger partial charge in [-0.3, -0.25) is 9.97 Å². The van der Waals surface area contributed by atoms with Crippen LogP contribution in [0, 0.1) is 17.9 Å². The molecule has 1 aliphatic carbocycles. The second kappa shape index (κ2) is 11.6. The fourth-order valence-electron chi connectivity index (χ4n) is 7.96. The van der Waals surface area contributed by atoms with Gasteiger partial charge < -0.3 is 0 Å². The molecule has 0 radical (unpaired) electrons. The predicted molar refractivity (Wildman–Crippen MR) is 207 cm³/mol. The molecular formula is C47H30N4. The van der Waals surface area contributed by atoms with Gasteiger partial charge in [0.25, 0.3) is 0 Å². The highest BCUT2D eigenvalue weighted by Crippen LogP contribution is 2.53. The van der Waals surface area contributed by atoms with Crippen LogP contribution in [0.15, 0.2) is 146 Å². The van der Waals surface area contributed by atoms with Crippen molar-refractivity contribution in [3.8, 4) is 61.7 Å². The van der Waals surface area contributed by atoms with E-state index in [1.807, 2.05) is 24.5 Å². The Morgan fingerprint density at radius 1 is 0.529 bits per heavy atom. The second-order valence-corrected chi connectivity index (χ2v) is 13.7. The quantitative estimate of drug-likeness (QED) is 0.141. The third kappa shape index (κ3) is 4.81. The van der Waals surface area contributed by atoms with Crippen molar-refractivity contribution in [2.75, 3.05) is 0 Å². The lowest BCUT2D eigenvalue weighted by Crippen LogP contribution is -2.14. The number of rotatable bonds is 4. The first-order valence-electron chi connectivity index (χ1n) is 17.0. The Kier molecular flexibility index (Phi) is 6.88. The molecule has 0 saturated heterocycles. The van der Waals surface area contributed by atoms with Crippen molar-refractivity contribution in [1.82, 2.24) is 9.97 Å². The Bertz CT molecular complexity index is 2780. The van der Waals surface area contributed by atoms with Crippen LogP contribution in [0.5, 0.6) is 0 Å². The van der Waals surface area contributed by atoms with Gasteiger partial charge in [0.15, 0.2) is 0 Å². The van der Waals surface area contributed by atoms with Gasteiger partial charge in [0, 0.05) is 35.8 Å². The SMILES string of the molecule is [C-]#[N+]c1cncc(-c2ccc(-c3c4ccccc4c(-c4ccc(-c5cncc(C#N)c5)cc4)c4cc5c(cc34)-c3ccccc3C5(C)C)cc2)c1. The minimum Gasteiger partial charge on any atom is -0.276 e. The van der Waals surface area contributed by atoms with Crippen LogP contribution in [-0.2, 0) is 5.41 Å². The van der Waals surface area contributed by atoms with Crippen molar-refractivity contribution in [2.24, 2.45) is 0 Å². The zero-order valence-corrected chi connectivity index (χ0v) is 28.1. The summed E-state index contributed by atoms with van der Waals surface area (Å²) < 4.78 is 0. The molecule has 0 amide bonds. The molecule has 0 fully saturated rings. The lowest BCUT2D eigenvalue weighted by molar-refractivity contribution is 0.661. The zero-order valence-electron chi connectivity index (χ0n) is 28.1. The summed E-state index contributed by atoms with van der Waals surface area (Å²) >= 11 is 0. The number of hydrogen-bond donors (Lipinski definition) is 0. The van der Waals surface area contributed by atoms with E-state index in [-0.39, 0.29) is 5.41 Å². The smallest absolute Gasteiger partial charge is 0.205 e. The van der Waals surface area contributed by atoms with E-state index >= 15 is 0 Å². The summed E-state index contributed by atoms with van der Waals surface area (Å²) in [7, 11) is 0. The number of nitriles is 1. The van der Waals surface area contributed by atoms with Crippen molar-refractivity contribution >= 4 is 27.2 Å². The lowest BCUT2D eigenvalue weighted by Gasteiger charge is -2.24. The molecule has 0 N–H and O–H groups in total. The van der Waals surface area contributed by atoms with Crippen molar-refractivity contribution in [3.05, 3.63) is 174 Å². The molecule has 0 bridgehead atoms. The number of benzene rings is 6. The summed E-state index contributed by atoms with van der Waals surface area (Å²) in [6.07, 6.45) is 6.81. The fraction of sp³-hybridized carbons (Fsp3) is 0.0638. The summed E-state index contributed by atoms with van der Waals surface area (Å²) in [5.74, 6) is 0. The maximum absolute atomic E-state index is 9.45. The molecule has 0 aliphatic heterocycles. The van der Waals surface area contributed by atoms with E-state index in [0.29, 0.717) is 11.3 Å². The van der Waals surface area contributed by atoms with Crippen LogP contribution in [0.2, 0.25) is 0 Å². The van der Waals surface area contributed by atoms with Gasteiger partial charge in [-0.2, -0.15) is 5.26 Å². The summed E-state index contributed by atoms with van der Waals surface area (Å²) in [5, 5.41) is 14.2. The average molecular weight is 651 g/mol. The Labute approximate surface area is 296 Å². The topological polar surface area (TPSA) is 53.9 Å². The molecular weight excluding hydrogens is 621 g/mol. The van der Waals surface area contributed by atoms with E-state index < -0.39 is 0 Å². The van der Waals surface area contributed by atoms with E-state index in [9.17, 15) is 5.26 Å². The number of aromatic nitrogens is 2. The molecule has 51 heavy (non-hydrogen) atoms. The van der Waals surface area contributed by atoms with E-state index in [1.165, 1.54) is 54.9 Å².